The first-order valence-corrected chi connectivity index (χ1v) is 7.01. The molecular weight excluding hydrogens is 259 g/mol. The molecule has 4 nitrogen and oxygen atoms in total. The number of nitrogens with zero attached hydrogens (tertiary/aromatic N) is 1. The van der Waals surface area contributed by atoms with E-state index < -0.39 is 11.7 Å². The van der Waals surface area contributed by atoms with E-state index in [0.29, 0.717) is 19.8 Å². The van der Waals surface area contributed by atoms with E-state index in [4.69, 9.17) is 4.74 Å². The second-order valence-electron chi connectivity index (χ2n) is 4.38. The molecule has 0 saturated carbocycles. The van der Waals surface area contributed by atoms with Crippen LogP contribution in [0.2, 0.25) is 0 Å². The molecule has 20 heavy (non-hydrogen) atoms. The van der Waals surface area contributed by atoms with Crippen molar-refractivity contribution >= 4 is 5.91 Å². The van der Waals surface area contributed by atoms with Crippen LogP contribution in [-0.2, 0) is 4.74 Å². The number of carbonyl (C=O) groups is 1. The molecule has 0 aliphatic carbocycles. The Morgan fingerprint density at radius 1 is 1.25 bits per heavy atom. The molecule has 0 atom stereocenters. The van der Waals surface area contributed by atoms with Crippen LogP contribution in [0.4, 0.5) is 4.39 Å². The van der Waals surface area contributed by atoms with Crippen molar-refractivity contribution in [2.45, 2.75) is 13.8 Å². The zero-order valence-corrected chi connectivity index (χ0v) is 12.2. The minimum Gasteiger partial charge on any atom is -0.378 e. The third kappa shape index (κ3) is 5.67. The lowest BCUT2D eigenvalue weighted by Crippen LogP contribution is -2.30. The Morgan fingerprint density at radius 2 is 1.95 bits per heavy atom. The SMILES string of the molecule is CCN(CC)CCOCCNC(=O)c1ccccc1F. The molecule has 1 aromatic rings. The van der Waals surface area contributed by atoms with Crippen LogP contribution in [0, 0.1) is 5.82 Å². The maximum Gasteiger partial charge on any atom is 0.254 e. The van der Waals surface area contributed by atoms with Crippen molar-refractivity contribution in [3.8, 4) is 0 Å². The molecule has 0 bridgehead atoms. The quantitative estimate of drug-likeness (QED) is 0.704. The number of nitrogens with one attached hydrogen (secondary N) is 1. The molecule has 0 spiro atoms. The summed E-state index contributed by atoms with van der Waals surface area (Å²) < 4.78 is 18.8. The molecule has 0 radical (unpaired) electrons. The highest BCUT2D eigenvalue weighted by molar-refractivity contribution is 5.94. The van der Waals surface area contributed by atoms with Crippen molar-refractivity contribution in [3.05, 3.63) is 35.6 Å². The molecule has 0 saturated heterocycles. The van der Waals surface area contributed by atoms with Crippen molar-refractivity contribution in [1.82, 2.24) is 10.2 Å². The Labute approximate surface area is 119 Å². The summed E-state index contributed by atoms with van der Waals surface area (Å²) in [5.41, 5.74) is 0.0654. The Morgan fingerprint density at radius 3 is 2.60 bits per heavy atom. The first-order chi connectivity index (χ1) is 9.69. The van der Waals surface area contributed by atoms with Gasteiger partial charge in [0, 0.05) is 13.1 Å². The topological polar surface area (TPSA) is 41.6 Å². The van der Waals surface area contributed by atoms with Crippen molar-refractivity contribution in [2.24, 2.45) is 0 Å². The van der Waals surface area contributed by atoms with Gasteiger partial charge in [-0.3, -0.25) is 4.79 Å². The van der Waals surface area contributed by atoms with Gasteiger partial charge in [0.1, 0.15) is 5.82 Å². The number of ether oxygens (including phenoxy) is 1. The van der Waals surface area contributed by atoms with Crippen molar-refractivity contribution in [2.75, 3.05) is 39.4 Å². The van der Waals surface area contributed by atoms with E-state index in [9.17, 15) is 9.18 Å². The number of hydrogen-bond donors (Lipinski definition) is 1. The van der Waals surface area contributed by atoms with Crippen molar-refractivity contribution in [3.63, 3.8) is 0 Å². The fourth-order valence-corrected chi connectivity index (χ4v) is 1.81. The first kappa shape index (κ1) is 16.6. The van der Waals surface area contributed by atoms with E-state index in [1.807, 2.05) is 0 Å². The predicted octanol–water partition coefficient (Wildman–Crippen LogP) is 1.91. The second kappa shape index (κ2) is 9.44. The normalized spacial score (nSPS) is 10.8. The van der Waals surface area contributed by atoms with Crippen LogP contribution in [0.5, 0.6) is 0 Å². The van der Waals surface area contributed by atoms with E-state index in [1.54, 1.807) is 12.1 Å². The number of rotatable bonds is 9. The van der Waals surface area contributed by atoms with Gasteiger partial charge in [-0.15, -0.1) is 0 Å². The van der Waals surface area contributed by atoms with Crippen LogP contribution in [0.3, 0.4) is 0 Å². The minimum atomic E-state index is -0.507. The van der Waals surface area contributed by atoms with Gasteiger partial charge in [-0.1, -0.05) is 26.0 Å². The van der Waals surface area contributed by atoms with Crippen molar-refractivity contribution in [1.29, 1.82) is 0 Å². The summed E-state index contributed by atoms with van der Waals surface area (Å²) in [5, 5.41) is 2.64. The van der Waals surface area contributed by atoms with E-state index in [-0.39, 0.29) is 5.56 Å². The summed E-state index contributed by atoms with van der Waals surface area (Å²) in [4.78, 5) is 13.9. The molecule has 5 heteroatoms. The Balaban J connectivity index is 2.16. The zero-order valence-electron chi connectivity index (χ0n) is 12.2. The van der Waals surface area contributed by atoms with Crippen molar-refractivity contribution < 1.29 is 13.9 Å². The Hall–Kier alpha value is -1.46. The van der Waals surface area contributed by atoms with Gasteiger partial charge in [-0.2, -0.15) is 0 Å². The molecule has 0 aliphatic rings. The zero-order chi connectivity index (χ0) is 14.8. The van der Waals surface area contributed by atoms with Crippen LogP contribution in [0.25, 0.3) is 0 Å². The number of likely N-dealkylation sites (N-methyl/N-ethyl adjacent to an activating group) is 1. The van der Waals surface area contributed by atoms with Crippen LogP contribution < -0.4 is 5.32 Å². The predicted molar refractivity (Wildman–Crippen MR) is 77.3 cm³/mol. The molecule has 112 valence electrons. The Kier molecular flexibility index (Phi) is 7.84. The molecule has 0 heterocycles. The number of hydrogen-bond acceptors (Lipinski definition) is 3. The molecule has 1 rings (SSSR count). The van der Waals surface area contributed by atoms with Gasteiger partial charge in [-0.25, -0.2) is 4.39 Å². The molecule has 1 aromatic carbocycles. The number of benzene rings is 1. The maximum atomic E-state index is 13.3. The minimum absolute atomic E-state index is 0.0654. The van der Waals surface area contributed by atoms with Gasteiger partial charge in [0.2, 0.25) is 0 Å². The number of halogens is 1. The Bertz CT molecular complexity index is 409. The van der Waals surface area contributed by atoms with E-state index in [1.165, 1.54) is 12.1 Å². The highest BCUT2D eigenvalue weighted by Gasteiger charge is 2.09. The summed E-state index contributed by atoms with van der Waals surface area (Å²) in [7, 11) is 0. The summed E-state index contributed by atoms with van der Waals surface area (Å²) >= 11 is 0. The number of carbonyl (C=O) groups excluding carboxylic acids is 1. The van der Waals surface area contributed by atoms with E-state index in [0.717, 1.165) is 19.6 Å². The molecule has 1 amide bonds. The van der Waals surface area contributed by atoms with Gasteiger partial charge in [0.15, 0.2) is 0 Å². The van der Waals surface area contributed by atoms with E-state index >= 15 is 0 Å². The fraction of sp³-hybridized carbons (Fsp3) is 0.533. The monoisotopic (exact) mass is 282 g/mol. The molecular formula is C15H23FN2O2. The van der Waals surface area contributed by atoms with Crippen LogP contribution >= 0.6 is 0 Å². The third-order valence-corrected chi connectivity index (χ3v) is 3.10. The highest BCUT2D eigenvalue weighted by Crippen LogP contribution is 2.05. The summed E-state index contributed by atoms with van der Waals surface area (Å²) in [6, 6.07) is 5.93. The average molecular weight is 282 g/mol. The summed E-state index contributed by atoms with van der Waals surface area (Å²) in [6.45, 7) is 8.56. The largest absolute Gasteiger partial charge is 0.378 e. The van der Waals surface area contributed by atoms with Gasteiger partial charge >= 0.3 is 0 Å². The van der Waals surface area contributed by atoms with Gasteiger partial charge in [-0.05, 0) is 25.2 Å². The lowest BCUT2D eigenvalue weighted by atomic mass is 10.2. The third-order valence-electron chi connectivity index (χ3n) is 3.10. The summed E-state index contributed by atoms with van der Waals surface area (Å²) in [6.07, 6.45) is 0. The van der Waals surface area contributed by atoms with Gasteiger partial charge in [0.05, 0.1) is 18.8 Å². The van der Waals surface area contributed by atoms with Crippen LogP contribution in [-0.4, -0.2) is 50.2 Å². The lowest BCUT2D eigenvalue weighted by Gasteiger charge is -2.17. The summed E-state index contributed by atoms with van der Waals surface area (Å²) in [5.74, 6) is -0.914. The molecule has 0 fully saturated rings. The first-order valence-electron chi connectivity index (χ1n) is 7.01. The molecule has 0 aliphatic heterocycles. The van der Waals surface area contributed by atoms with Gasteiger partial charge < -0.3 is 15.0 Å². The molecule has 1 N–H and O–H groups in total. The number of amides is 1. The maximum absolute atomic E-state index is 13.3. The standard InChI is InChI=1S/C15H23FN2O2/c1-3-18(4-2)10-12-20-11-9-17-15(19)13-7-5-6-8-14(13)16/h5-8H,3-4,9-12H2,1-2H3,(H,17,19). The van der Waals surface area contributed by atoms with Crippen LogP contribution in [0.15, 0.2) is 24.3 Å². The highest BCUT2D eigenvalue weighted by atomic mass is 19.1. The smallest absolute Gasteiger partial charge is 0.254 e. The molecule has 0 aromatic heterocycles. The lowest BCUT2D eigenvalue weighted by molar-refractivity contribution is 0.0881. The molecule has 0 unspecified atom stereocenters. The average Bonchev–Trinajstić information content (AvgIpc) is 2.47. The second-order valence-corrected chi connectivity index (χ2v) is 4.38. The fourth-order valence-electron chi connectivity index (χ4n) is 1.81. The van der Waals surface area contributed by atoms with Crippen LogP contribution in [0.1, 0.15) is 24.2 Å². The van der Waals surface area contributed by atoms with E-state index in [2.05, 4.69) is 24.1 Å². The van der Waals surface area contributed by atoms with Gasteiger partial charge in [0.25, 0.3) is 5.91 Å².